The molecule has 24 heavy (non-hydrogen) atoms. The highest BCUT2D eigenvalue weighted by Gasteiger charge is 2.69. The van der Waals surface area contributed by atoms with Gasteiger partial charge in [0.25, 0.3) is 0 Å². The Bertz CT molecular complexity index is 619. The maximum atomic E-state index is 12.3. The third kappa shape index (κ3) is 2.25. The highest BCUT2D eigenvalue weighted by Crippen LogP contribution is 2.56. The van der Waals surface area contributed by atoms with Crippen LogP contribution >= 0.6 is 0 Å². The summed E-state index contributed by atoms with van der Waals surface area (Å²) < 4.78 is 11.3. The predicted octanol–water partition coefficient (Wildman–Crippen LogP) is 2.39. The number of rotatable bonds is 2. The third-order valence-corrected chi connectivity index (χ3v) is 5.87. The highest BCUT2D eigenvalue weighted by molar-refractivity contribution is 5.77. The Hall–Kier alpha value is -1.62. The second-order valence-corrected chi connectivity index (χ2v) is 7.67. The van der Waals surface area contributed by atoms with E-state index in [0.29, 0.717) is 0 Å². The van der Waals surface area contributed by atoms with Gasteiger partial charge in [0.2, 0.25) is 0 Å². The Morgan fingerprint density at radius 2 is 2.17 bits per heavy atom. The molecule has 1 saturated heterocycles. The smallest absolute Gasteiger partial charge is 0.309 e. The van der Waals surface area contributed by atoms with Crippen molar-refractivity contribution in [2.75, 3.05) is 0 Å². The van der Waals surface area contributed by atoms with E-state index in [9.17, 15) is 14.7 Å². The van der Waals surface area contributed by atoms with E-state index in [1.807, 2.05) is 13.0 Å². The summed E-state index contributed by atoms with van der Waals surface area (Å²) in [5.41, 5.74) is 0.263. The Morgan fingerprint density at radius 1 is 1.50 bits per heavy atom. The number of ether oxygens (including phenoxy) is 2. The molecule has 0 bridgehead atoms. The Labute approximate surface area is 142 Å². The van der Waals surface area contributed by atoms with Crippen LogP contribution in [0.1, 0.15) is 40.5 Å². The van der Waals surface area contributed by atoms with Crippen LogP contribution in [-0.2, 0) is 19.1 Å². The first-order valence-electron chi connectivity index (χ1n) is 8.67. The molecule has 2 fully saturated rings. The van der Waals surface area contributed by atoms with Crippen LogP contribution in [0.5, 0.6) is 0 Å². The summed E-state index contributed by atoms with van der Waals surface area (Å²) in [4.78, 5) is 24.4. The number of allylic oxidation sites excluding steroid dienone is 1. The highest BCUT2D eigenvalue weighted by atomic mass is 16.6. The number of aliphatic hydroxyl groups is 1. The largest absolute Gasteiger partial charge is 0.461 e. The normalized spacial score (nSPS) is 41.4. The Kier molecular flexibility index (Phi) is 4.11. The molecule has 1 aliphatic heterocycles. The topological polar surface area (TPSA) is 72.8 Å². The van der Waals surface area contributed by atoms with Crippen LogP contribution in [0.25, 0.3) is 0 Å². The van der Waals surface area contributed by atoms with Crippen molar-refractivity contribution >= 4 is 11.9 Å². The number of hydrogen-bond donors (Lipinski definition) is 1. The average Bonchev–Trinajstić information content (AvgIpc) is 2.87. The van der Waals surface area contributed by atoms with Crippen LogP contribution in [0.15, 0.2) is 23.8 Å². The first-order chi connectivity index (χ1) is 11.2. The summed E-state index contributed by atoms with van der Waals surface area (Å²) in [6, 6.07) is 0. The lowest BCUT2D eigenvalue weighted by atomic mass is 9.79. The number of esters is 2. The van der Waals surface area contributed by atoms with Crippen molar-refractivity contribution in [3.05, 3.63) is 23.8 Å². The summed E-state index contributed by atoms with van der Waals surface area (Å²) in [5.74, 6) is -2.18. The van der Waals surface area contributed by atoms with Crippen LogP contribution in [0.4, 0.5) is 0 Å². The Morgan fingerprint density at radius 3 is 2.79 bits per heavy atom. The first-order valence-corrected chi connectivity index (χ1v) is 8.67. The van der Waals surface area contributed by atoms with E-state index in [-0.39, 0.29) is 23.8 Å². The van der Waals surface area contributed by atoms with Gasteiger partial charge < -0.3 is 14.6 Å². The predicted molar refractivity (Wildman–Crippen MR) is 87.8 cm³/mol. The van der Waals surface area contributed by atoms with Crippen molar-refractivity contribution in [1.82, 2.24) is 0 Å². The maximum absolute atomic E-state index is 12.3. The first kappa shape index (κ1) is 17.2. The quantitative estimate of drug-likeness (QED) is 0.620. The van der Waals surface area contributed by atoms with Crippen molar-refractivity contribution in [2.45, 2.75) is 58.3 Å². The van der Waals surface area contributed by atoms with Crippen LogP contribution in [0.3, 0.4) is 0 Å². The van der Waals surface area contributed by atoms with E-state index >= 15 is 0 Å². The molecule has 3 aliphatic rings. The molecule has 0 aromatic carbocycles. The molecule has 1 saturated carbocycles. The van der Waals surface area contributed by atoms with Crippen LogP contribution in [0, 0.1) is 23.7 Å². The van der Waals surface area contributed by atoms with E-state index in [2.05, 4.69) is 6.58 Å². The summed E-state index contributed by atoms with van der Waals surface area (Å²) in [7, 11) is 0. The van der Waals surface area contributed by atoms with E-state index in [4.69, 9.17) is 9.47 Å². The maximum Gasteiger partial charge on any atom is 0.309 e. The minimum atomic E-state index is -1.36. The number of carbonyl (C=O) groups is 2. The third-order valence-electron chi connectivity index (χ3n) is 5.87. The van der Waals surface area contributed by atoms with Crippen molar-refractivity contribution in [3.63, 3.8) is 0 Å². The number of fused-ring (bicyclic) bond motifs is 3. The number of carbonyl (C=O) groups excluding carboxylic acids is 2. The molecule has 0 amide bonds. The molecule has 0 unspecified atom stereocenters. The second-order valence-electron chi connectivity index (χ2n) is 7.67. The molecular formula is C19H26O5. The fourth-order valence-corrected chi connectivity index (χ4v) is 4.44. The van der Waals surface area contributed by atoms with Gasteiger partial charge in [-0.25, -0.2) is 0 Å². The minimum Gasteiger partial charge on any atom is -0.461 e. The van der Waals surface area contributed by atoms with Crippen molar-refractivity contribution < 1.29 is 24.2 Å². The van der Waals surface area contributed by atoms with Crippen molar-refractivity contribution in [1.29, 1.82) is 0 Å². The van der Waals surface area contributed by atoms with E-state index in [1.165, 1.54) is 0 Å². The molecule has 6 atom stereocenters. The van der Waals surface area contributed by atoms with Gasteiger partial charge in [-0.3, -0.25) is 9.59 Å². The second kappa shape index (κ2) is 5.73. The molecule has 3 rings (SSSR count). The van der Waals surface area contributed by atoms with Gasteiger partial charge in [-0.15, -0.1) is 0 Å². The van der Waals surface area contributed by atoms with Gasteiger partial charge in [-0.1, -0.05) is 39.0 Å². The van der Waals surface area contributed by atoms with Crippen molar-refractivity contribution in [3.8, 4) is 0 Å². The van der Waals surface area contributed by atoms with Crippen LogP contribution < -0.4 is 0 Å². The Balaban J connectivity index is 2.10. The van der Waals surface area contributed by atoms with Gasteiger partial charge >= 0.3 is 11.9 Å². The molecule has 1 N–H and O–H groups in total. The molecule has 0 radical (unpaired) electrons. The molecule has 0 aromatic rings. The molecule has 2 aliphatic carbocycles. The average molecular weight is 334 g/mol. The lowest BCUT2D eigenvalue weighted by Crippen LogP contribution is -2.50. The standard InChI is InChI=1S/C19H26O5/c1-9(2)17(20)24-16-13-12(5)18(21)23-15(13)14-10(3)7-6-8-11(4)19(14,16)22/h8-9,12-16,22H,3,6-7H2,1-2,4-5H3/t12-,13+,14+,15-,16-,19+/m1/s1. The summed E-state index contributed by atoms with van der Waals surface area (Å²) >= 11 is 0. The van der Waals surface area contributed by atoms with Crippen LogP contribution in [-0.4, -0.2) is 34.9 Å². The summed E-state index contributed by atoms with van der Waals surface area (Å²) in [6.07, 6.45) is 2.19. The van der Waals surface area contributed by atoms with Gasteiger partial charge in [0.1, 0.15) is 17.8 Å². The van der Waals surface area contributed by atoms with Gasteiger partial charge in [0, 0.05) is 0 Å². The molecule has 1 heterocycles. The molecule has 0 aromatic heterocycles. The summed E-state index contributed by atoms with van der Waals surface area (Å²) in [6.45, 7) is 11.3. The monoisotopic (exact) mass is 334 g/mol. The zero-order valence-electron chi connectivity index (χ0n) is 14.7. The molecule has 0 spiro atoms. The fourth-order valence-electron chi connectivity index (χ4n) is 4.44. The molecular weight excluding hydrogens is 308 g/mol. The van der Waals surface area contributed by atoms with Gasteiger partial charge in [-0.05, 0) is 25.3 Å². The molecule has 5 nitrogen and oxygen atoms in total. The van der Waals surface area contributed by atoms with Gasteiger partial charge in [-0.2, -0.15) is 0 Å². The zero-order valence-corrected chi connectivity index (χ0v) is 14.7. The number of hydrogen-bond acceptors (Lipinski definition) is 5. The van der Waals surface area contributed by atoms with Crippen LogP contribution in [0.2, 0.25) is 0 Å². The van der Waals surface area contributed by atoms with E-state index in [1.54, 1.807) is 20.8 Å². The minimum absolute atomic E-state index is 0.295. The zero-order chi connectivity index (χ0) is 17.8. The summed E-state index contributed by atoms with van der Waals surface area (Å²) in [5, 5.41) is 11.6. The van der Waals surface area contributed by atoms with Gasteiger partial charge in [0.15, 0.2) is 0 Å². The lowest BCUT2D eigenvalue weighted by Gasteiger charge is -2.37. The van der Waals surface area contributed by atoms with Gasteiger partial charge in [0.05, 0.1) is 23.7 Å². The molecule has 132 valence electrons. The van der Waals surface area contributed by atoms with Crippen molar-refractivity contribution in [2.24, 2.45) is 23.7 Å². The van der Waals surface area contributed by atoms with E-state index < -0.39 is 29.6 Å². The fraction of sp³-hybridized carbons (Fsp3) is 0.684. The molecule has 5 heteroatoms. The van der Waals surface area contributed by atoms with E-state index in [0.717, 1.165) is 24.0 Å². The SMILES string of the molecule is C=C1CCC=C(C)[C@@]2(O)[C@H](OC(=O)C(C)C)[C@@H]3[C@@H](OC(=O)[C@@H]3C)[C@H]12. The lowest BCUT2D eigenvalue weighted by molar-refractivity contribution is -0.170.